The SMILES string of the molecule is CC1(C)C(O)CC1NC(=O)c1ccc(F)c(C(F)(F)F)c1. The summed E-state index contributed by atoms with van der Waals surface area (Å²) in [5.74, 6) is -2.14. The zero-order valence-corrected chi connectivity index (χ0v) is 11.5. The van der Waals surface area contributed by atoms with Crippen LogP contribution in [0.5, 0.6) is 0 Å². The Hall–Kier alpha value is -1.63. The maximum atomic E-state index is 13.2. The van der Waals surface area contributed by atoms with E-state index in [9.17, 15) is 27.5 Å². The molecule has 1 saturated carbocycles. The number of carbonyl (C=O) groups is 1. The lowest BCUT2D eigenvalue weighted by atomic mass is 9.64. The van der Waals surface area contributed by atoms with Crippen molar-refractivity contribution >= 4 is 5.91 Å². The van der Waals surface area contributed by atoms with Crippen LogP contribution in [-0.2, 0) is 6.18 Å². The Morgan fingerprint density at radius 2 is 2.00 bits per heavy atom. The van der Waals surface area contributed by atoms with Gasteiger partial charge in [-0.2, -0.15) is 13.2 Å². The van der Waals surface area contributed by atoms with Gasteiger partial charge in [0.25, 0.3) is 5.91 Å². The molecule has 1 aliphatic carbocycles. The zero-order valence-electron chi connectivity index (χ0n) is 11.5. The molecule has 1 amide bonds. The summed E-state index contributed by atoms with van der Waals surface area (Å²) in [6, 6.07) is 1.78. The number of nitrogens with one attached hydrogen (secondary N) is 1. The number of benzene rings is 1. The molecule has 2 N–H and O–H groups in total. The van der Waals surface area contributed by atoms with Crippen LogP contribution in [0, 0.1) is 11.2 Å². The summed E-state index contributed by atoms with van der Waals surface area (Å²) in [5.41, 5.74) is -2.27. The zero-order chi connectivity index (χ0) is 16.0. The molecule has 1 fully saturated rings. The third-order valence-corrected chi connectivity index (χ3v) is 4.06. The minimum Gasteiger partial charge on any atom is -0.392 e. The molecule has 0 heterocycles. The van der Waals surface area contributed by atoms with Gasteiger partial charge in [0.05, 0.1) is 11.7 Å². The van der Waals surface area contributed by atoms with Gasteiger partial charge in [-0.05, 0) is 24.6 Å². The van der Waals surface area contributed by atoms with Gasteiger partial charge in [-0.15, -0.1) is 0 Å². The van der Waals surface area contributed by atoms with Crippen LogP contribution in [0.3, 0.4) is 0 Å². The minimum atomic E-state index is -4.85. The predicted molar refractivity (Wildman–Crippen MR) is 67.1 cm³/mol. The highest BCUT2D eigenvalue weighted by Gasteiger charge is 2.48. The molecule has 1 aromatic rings. The van der Waals surface area contributed by atoms with Crippen molar-refractivity contribution in [2.45, 2.75) is 38.6 Å². The molecule has 0 spiro atoms. The number of aliphatic hydroxyl groups is 1. The van der Waals surface area contributed by atoms with Gasteiger partial charge >= 0.3 is 6.18 Å². The molecule has 2 rings (SSSR count). The van der Waals surface area contributed by atoms with Gasteiger partial charge in [0.2, 0.25) is 0 Å². The molecule has 0 saturated heterocycles. The molecule has 2 unspecified atom stereocenters. The number of amides is 1. The average Bonchev–Trinajstić information content (AvgIpc) is 2.37. The molecular weight excluding hydrogens is 290 g/mol. The number of alkyl halides is 3. The smallest absolute Gasteiger partial charge is 0.392 e. The second-order valence-electron chi connectivity index (χ2n) is 5.79. The maximum Gasteiger partial charge on any atom is 0.419 e. The van der Waals surface area contributed by atoms with Crippen LogP contribution in [0.4, 0.5) is 17.6 Å². The standard InChI is InChI=1S/C14H15F4NO2/c1-13(2)10(6-11(13)20)19-12(21)7-3-4-9(15)8(5-7)14(16,17)18/h3-5,10-11,20H,6H2,1-2H3,(H,19,21). The van der Waals surface area contributed by atoms with Gasteiger partial charge in [0, 0.05) is 17.0 Å². The summed E-state index contributed by atoms with van der Waals surface area (Å²) in [5, 5.41) is 12.1. The number of halogens is 4. The molecule has 1 aliphatic rings. The van der Waals surface area contributed by atoms with Crippen molar-refractivity contribution in [2.75, 3.05) is 0 Å². The van der Waals surface area contributed by atoms with E-state index in [0.717, 1.165) is 6.07 Å². The Kier molecular flexibility index (Phi) is 3.73. The third kappa shape index (κ3) is 2.88. The molecule has 7 heteroatoms. The number of rotatable bonds is 2. The van der Waals surface area contributed by atoms with Gasteiger partial charge < -0.3 is 10.4 Å². The Labute approximate surface area is 119 Å². The number of aliphatic hydroxyl groups excluding tert-OH is 1. The Morgan fingerprint density at radius 1 is 1.38 bits per heavy atom. The summed E-state index contributed by atoms with van der Waals surface area (Å²) >= 11 is 0. The summed E-state index contributed by atoms with van der Waals surface area (Å²) in [6.45, 7) is 3.50. The van der Waals surface area contributed by atoms with Crippen LogP contribution >= 0.6 is 0 Å². The molecule has 0 aliphatic heterocycles. The first-order valence-corrected chi connectivity index (χ1v) is 6.39. The molecule has 1 aromatic carbocycles. The fourth-order valence-electron chi connectivity index (χ4n) is 2.27. The van der Waals surface area contributed by atoms with Gasteiger partial charge in [-0.25, -0.2) is 4.39 Å². The maximum absolute atomic E-state index is 13.2. The quantitative estimate of drug-likeness (QED) is 0.826. The topological polar surface area (TPSA) is 49.3 Å². The number of carbonyl (C=O) groups excluding carboxylic acids is 1. The second kappa shape index (κ2) is 4.98. The Morgan fingerprint density at radius 3 is 2.48 bits per heavy atom. The normalized spacial score (nSPS) is 24.3. The van der Waals surface area contributed by atoms with E-state index in [-0.39, 0.29) is 11.6 Å². The highest BCUT2D eigenvalue weighted by atomic mass is 19.4. The van der Waals surface area contributed by atoms with E-state index in [1.165, 1.54) is 0 Å². The van der Waals surface area contributed by atoms with Crippen LogP contribution in [0.15, 0.2) is 18.2 Å². The predicted octanol–water partition coefficient (Wildman–Crippen LogP) is 2.73. The number of hydrogen-bond acceptors (Lipinski definition) is 2. The first-order chi connectivity index (χ1) is 9.53. The fraction of sp³-hybridized carbons (Fsp3) is 0.500. The Bertz CT molecular complexity index is 569. The second-order valence-corrected chi connectivity index (χ2v) is 5.79. The highest BCUT2D eigenvalue weighted by molar-refractivity contribution is 5.94. The Balaban J connectivity index is 2.18. The lowest BCUT2D eigenvalue weighted by Gasteiger charge is -2.49. The first kappa shape index (κ1) is 15.8. The molecular formula is C14H15F4NO2. The van der Waals surface area contributed by atoms with Gasteiger partial charge in [0.1, 0.15) is 5.82 Å². The van der Waals surface area contributed by atoms with Crippen molar-refractivity contribution in [3.05, 3.63) is 35.1 Å². The molecule has 21 heavy (non-hydrogen) atoms. The average molecular weight is 305 g/mol. The molecule has 0 aromatic heterocycles. The first-order valence-electron chi connectivity index (χ1n) is 6.39. The van der Waals surface area contributed by atoms with E-state index in [1.54, 1.807) is 13.8 Å². The monoisotopic (exact) mass is 305 g/mol. The minimum absolute atomic E-state index is 0.263. The lowest BCUT2D eigenvalue weighted by Crippen LogP contribution is -2.61. The highest BCUT2D eigenvalue weighted by Crippen LogP contribution is 2.40. The van der Waals surface area contributed by atoms with Crippen molar-refractivity contribution in [2.24, 2.45) is 5.41 Å². The summed E-state index contributed by atoms with van der Waals surface area (Å²) in [6.07, 6.45) is -5.08. The fourth-order valence-corrected chi connectivity index (χ4v) is 2.27. The van der Waals surface area contributed by atoms with Crippen LogP contribution in [0.2, 0.25) is 0 Å². The van der Waals surface area contributed by atoms with Crippen LogP contribution in [0.25, 0.3) is 0 Å². The van der Waals surface area contributed by atoms with E-state index in [2.05, 4.69) is 5.32 Å². The molecule has 116 valence electrons. The summed E-state index contributed by atoms with van der Waals surface area (Å²) in [7, 11) is 0. The van der Waals surface area contributed by atoms with Crippen molar-refractivity contribution < 1.29 is 27.5 Å². The van der Waals surface area contributed by atoms with Gasteiger partial charge in [0.15, 0.2) is 0 Å². The van der Waals surface area contributed by atoms with Crippen molar-refractivity contribution in [3.8, 4) is 0 Å². The van der Waals surface area contributed by atoms with Crippen LogP contribution in [-0.4, -0.2) is 23.2 Å². The van der Waals surface area contributed by atoms with Crippen LogP contribution in [0.1, 0.15) is 36.2 Å². The van der Waals surface area contributed by atoms with Crippen molar-refractivity contribution in [3.63, 3.8) is 0 Å². The van der Waals surface area contributed by atoms with E-state index >= 15 is 0 Å². The van der Waals surface area contributed by atoms with Gasteiger partial charge in [-0.1, -0.05) is 13.8 Å². The van der Waals surface area contributed by atoms with E-state index in [4.69, 9.17) is 0 Å². The number of hydrogen-bond donors (Lipinski definition) is 2. The lowest BCUT2D eigenvalue weighted by molar-refractivity contribution is -0.140. The van der Waals surface area contributed by atoms with Gasteiger partial charge in [-0.3, -0.25) is 4.79 Å². The third-order valence-electron chi connectivity index (χ3n) is 4.06. The largest absolute Gasteiger partial charge is 0.419 e. The van der Waals surface area contributed by atoms with E-state index in [0.29, 0.717) is 18.6 Å². The summed E-state index contributed by atoms with van der Waals surface area (Å²) in [4.78, 5) is 12.0. The van der Waals surface area contributed by atoms with Crippen molar-refractivity contribution in [1.29, 1.82) is 0 Å². The van der Waals surface area contributed by atoms with E-state index in [1.807, 2.05) is 0 Å². The van der Waals surface area contributed by atoms with E-state index < -0.39 is 35.0 Å². The molecule has 0 radical (unpaired) electrons. The molecule has 0 bridgehead atoms. The van der Waals surface area contributed by atoms with Crippen LogP contribution < -0.4 is 5.32 Å². The summed E-state index contributed by atoms with van der Waals surface area (Å²) < 4.78 is 51.0. The molecule has 3 nitrogen and oxygen atoms in total. The van der Waals surface area contributed by atoms with Crippen molar-refractivity contribution in [1.82, 2.24) is 5.32 Å². The molecule has 2 atom stereocenters.